The van der Waals surface area contributed by atoms with Crippen molar-refractivity contribution in [1.82, 2.24) is 15.4 Å². The molecule has 6 nitrogen and oxygen atoms in total. The number of aromatic nitrogens is 3. The van der Waals surface area contributed by atoms with Gasteiger partial charge in [0.15, 0.2) is 0 Å². The summed E-state index contributed by atoms with van der Waals surface area (Å²) in [6.45, 7) is 0. The molecule has 2 amide bonds. The Morgan fingerprint density at radius 1 is 1.19 bits per heavy atom. The average Bonchev–Trinajstić information content (AvgIpc) is 2.85. The van der Waals surface area contributed by atoms with E-state index >= 15 is 0 Å². The number of hydrogen-bond acceptors (Lipinski definition) is 4. The minimum absolute atomic E-state index is 0.159. The number of rotatable bonds is 1. The van der Waals surface area contributed by atoms with Crippen LogP contribution in [0, 0.1) is 0 Å². The first-order chi connectivity index (χ1) is 7.75. The van der Waals surface area contributed by atoms with Crippen molar-refractivity contribution in [2.75, 3.05) is 4.90 Å². The summed E-state index contributed by atoms with van der Waals surface area (Å²) in [5.74, 6) is -0.319. The second-order valence-electron chi connectivity index (χ2n) is 3.64. The summed E-state index contributed by atoms with van der Waals surface area (Å²) >= 11 is 0. The number of nitrogens with zero attached hydrogens (tertiary/aromatic N) is 3. The Balaban J connectivity index is 2.11. The van der Waals surface area contributed by atoms with Crippen LogP contribution in [0.4, 0.5) is 5.69 Å². The number of carbonyl (C=O) groups excluding carboxylic acids is 2. The summed E-state index contributed by atoms with van der Waals surface area (Å²) in [6, 6.07) is 5.15. The minimum Gasteiger partial charge on any atom is -0.274 e. The van der Waals surface area contributed by atoms with Gasteiger partial charge in [0.25, 0.3) is 0 Å². The van der Waals surface area contributed by atoms with Gasteiger partial charge >= 0.3 is 0 Å². The van der Waals surface area contributed by atoms with E-state index in [1.807, 2.05) is 0 Å². The Kier molecular flexibility index (Phi) is 1.76. The van der Waals surface area contributed by atoms with Gasteiger partial charge in [0, 0.05) is 12.8 Å². The number of imide groups is 1. The molecule has 0 atom stereocenters. The number of amides is 2. The van der Waals surface area contributed by atoms with Crippen molar-refractivity contribution < 1.29 is 9.59 Å². The van der Waals surface area contributed by atoms with E-state index in [0.29, 0.717) is 11.2 Å². The van der Waals surface area contributed by atoms with E-state index in [0.717, 1.165) is 5.52 Å². The summed E-state index contributed by atoms with van der Waals surface area (Å²) in [4.78, 5) is 24.2. The van der Waals surface area contributed by atoms with Crippen molar-refractivity contribution in [3.8, 4) is 0 Å². The molecule has 0 unspecified atom stereocenters. The van der Waals surface area contributed by atoms with Gasteiger partial charge in [0.1, 0.15) is 5.52 Å². The van der Waals surface area contributed by atoms with Gasteiger partial charge in [-0.05, 0) is 18.2 Å². The van der Waals surface area contributed by atoms with E-state index in [4.69, 9.17) is 0 Å². The van der Waals surface area contributed by atoms with Gasteiger partial charge in [-0.3, -0.25) is 19.6 Å². The van der Waals surface area contributed by atoms with Crippen LogP contribution in [-0.2, 0) is 9.59 Å². The van der Waals surface area contributed by atoms with Crippen molar-refractivity contribution >= 4 is 28.5 Å². The molecule has 1 aliphatic heterocycles. The molecule has 80 valence electrons. The van der Waals surface area contributed by atoms with E-state index < -0.39 is 0 Å². The van der Waals surface area contributed by atoms with Crippen LogP contribution in [0.15, 0.2) is 18.2 Å². The van der Waals surface area contributed by atoms with Gasteiger partial charge < -0.3 is 0 Å². The predicted molar refractivity (Wildman–Crippen MR) is 55.6 cm³/mol. The molecular weight excluding hydrogens is 208 g/mol. The Hall–Kier alpha value is -2.24. The number of H-pyrrole nitrogens is 1. The van der Waals surface area contributed by atoms with Crippen LogP contribution in [0.25, 0.3) is 11.0 Å². The Morgan fingerprint density at radius 2 is 1.94 bits per heavy atom. The largest absolute Gasteiger partial charge is 0.274 e. The van der Waals surface area contributed by atoms with Gasteiger partial charge in [0.05, 0.1) is 11.2 Å². The molecule has 3 rings (SSSR count). The van der Waals surface area contributed by atoms with Crippen molar-refractivity contribution in [2.24, 2.45) is 0 Å². The lowest BCUT2D eigenvalue weighted by Gasteiger charge is -2.12. The van der Waals surface area contributed by atoms with Gasteiger partial charge in [-0.25, -0.2) is 0 Å². The zero-order valence-electron chi connectivity index (χ0n) is 8.30. The van der Waals surface area contributed by atoms with Gasteiger partial charge in [-0.15, -0.1) is 5.10 Å². The molecule has 2 aromatic rings. The molecule has 0 saturated carbocycles. The molecule has 1 fully saturated rings. The first-order valence-electron chi connectivity index (χ1n) is 4.92. The lowest BCUT2D eigenvalue weighted by Crippen LogP contribution is -2.28. The number of benzene rings is 1. The van der Waals surface area contributed by atoms with Gasteiger partial charge in [-0.1, -0.05) is 5.21 Å². The molecule has 0 spiro atoms. The maximum absolute atomic E-state index is 11.5. The standard InChI is InChI=1S/C10H8N4O2/c15-9-3-4-10(16)14(9)6-1-2-7-8(5-6)12-13-11-7/h1-2,5H,3-4H2,(H,11,12,13). The van der Waals surface area contributed by atoms with Crippen molar-refractivity contribution in [1.29, 1.82) is 0 Å². The van der Waals surface area contributed by atoms with Crippen LogP contribution in [0.3, 0.4) is 0 Å². The molecular formula is C10H8N4O2. The molecule has 16 heavy (non-hydrogen) atoms. The lowest BCUT2D eigenvalue weighted by molar-refractivity contribution is -0.121. The molecule has 1 saturated heterocycles. The topological polar surface area (TPSA) is 79.0 Å². The molecule has 0 bridgehead atoms. The lowest BCUT2D eigenvalue weighted by atomic mass is 10.2. The van der Waals surface area contributed by atoms with Crippen LogP contribution < -0.4 is 4.90 Å². The number of carbonyl (C=O) groups is 2. The fraction of sp³-hybridized carbons (Fsp3) is 0.200. The van der Waals surface area contributed by atoms with Crippen LogP contribution in [0.5, 0.6) is 0 Å². The Bertz CT molecular complexity index is 573. The van der Waals surface area contributed by atoms with E-state index in [9.17, 15) is 9.59 Å². The fourth-order valence-corrected chi connectivity index (χ4v) is 1.83. The number of fused-ring (bicyclic) bond motifs is 1. The van der Waals surface area contributed by atoms with Gasteiger partial charge in [0.2, 0.25) is 11.8 Å². The Labute approximate surface area is 90.2 Å². The van der Waals surface area contributed by atoms with Crippen LogP contribution >= 0.6 is 0 Å². The summed E-state index contributed by atoms with van der Waals surface area (Å²) < 4.78 is 0. The molecule has 1 N–H and O–H groups in total. The third-order valence-electron chi connectivity index (χ3n) is 2.62. The minimum atomic E-state index is -0.159. The molecule has 2 heterocycles. The van der Waals surface area contributed by atoms with Gasteiger partial charge in [-0.2, -0.15) is 0 Å². The second kappa shape index (κ2) is 3.13. The van der Waals surface area contributed by atoms with E-state index in [2.05, 4.69) is 15.4 Å². The summed E-state index contributed by atoms with van der Waals surface area (Å²) in [5, 5.41) is 10.2. The summed E-state index contributed by atoms with van der Waals surface area (Å²) in [6.07, 6.45) is 0.575. The zero-order chi connectivity index (χ0) is 11.1. The molecule has 0 aliphatic carbocycles. The highest BCUT2D eigenvalue weighted by molar-refractivity contribution is 6.20. The normalized spacial score (nSPS) is 16.4. The molecule has 1 aliphatic rings. The van der Waals surface area contributed by atoms with Crippen molar-refractivity contribution in [3.63, 3.8) is 0 Å². The third kappa shape index (κ3) is 1.19. The number of aromatic amines is 1. The van der Waals surface area contributed by atoms with Crippen molar-refractivity contribution in [2.45, 2.75) is 12.8 Å². The second-order valence-corrected chi connectivity index (χ2v) is 3.64. The maximum atomic E-state index is 11.5. The van der Waals surface area contributed by atoms with Crippen LogP contribution in [-0.4, -0.2) is 27.2 Å². The first kappa shape index (κ1) is 9.02. The van der Waals surface area contributed by atoms with E-state index in [-0.39, 0.29) is 24.7 Å². The predicted octanol–water partition coefficient (Wildman–Crippen LogP) is 0.611. The zero-order valence-corrected chi connectivity index (χ0v) is 8.30. The quantitative estimate of drug-likeness (QED) is 0.708. The monoisotopic (exact) mass is 216 g/mol. The summed E-state index contributed by atoms with van der Waals surface area (Å²) in [7, 11) is 0. The summed E-state index contributed by atoms with van der Waals surface area (Å²) in [5.41, 5.74) is 1.99. The number of anilines is 1. The SMILES string of the molecule is O=C1CCC(=O)N1c1ccc2[nH]nnc2c1. The fourth-order valence-electron chi connectivity index (χ4n) is 1.83. The van der Waals surface area contributed by atoms with Crippen molar-refractivity contribution in [3.05, 3.63) is 18.2 Å². The molecule has 1 aromatic heterocycles. The maximum Gasteiger partial charge on any atom is 0.234 e. The number of hydrogen-bond donors (Lipinski definition) is 1. The average molecular weight is 216 g/mol. The Morgan fingerprint density at radius 3 is 2.69 bits per heavy atom. The number of nitrogens with one attached hydrogen (secondary N) is 1. The molecule has 6 heteroatoms. The highest BCUT2D eigenvalue weighted by atomic mass is 16.2. The molecule has 1 aromatic carbocycles. The van der Waals surface area contributed by atoms with Crippen LogP contribution in [0.2, 0.25) is 0 Å². The van der Waals surface area contributed by atoms with E-state index in [1.54, 1.807) is 18.2 Å². The van der Waals surface area contributed by atoms with E-state index in [1.165, 1.54) is 4.90 Å². The first-order valence-corrected chi connectivity index (χ1v) is 4.92. The third-order valence-corrected chi connectivity index (χ3v) is 2.62. The smallest absolute Gasteiger partial charge is 0.234 e. The van der Waals surface area contributed by atoms with Crippen LogP contribution in [0.1, 0.15) is 12.8 Å². The highest BCUT2D eigenvalue weighted by Crippen LogP contribution is 2.24. The molecule has 0 radical (unpaired) electrons. The highest BCUT2D eigenvalue weighted by Gasteiger charge is 2.30.